The highest BCUT2D eigenvalue weighted by Crippen LogP contribution is 2.30. The molecule has 0 atom stereocenters. The van der Waals surface area contributed by atoms with Gasteiger partial charge in [-0.15, -0.1) is 0 Å². The van der Waals surface area contributed by atoms with E-state index in [1.165, 1.54) is 0 Å². The molecule has 1 heterocycles. The first-order valence-electron chi connectivity index (χ1n) is 6.73. The van der Waals surface area contributed by atoms with Crippen molar-refractivity contribution in [1.29, 1.82) is 0 Å². The number of benzene rings is 1. The van der Waals surface area contributed by atoms with Gasteiger partial charge in [-0.3, -0.25) is 4.79 Å². The zero-order valence-electron chi connectivity index (χ0n) is 11.6. The number of nitrogens with two attached hydrogens (primary N) is 1. The van der Waals surface area contributed by atoms with Gasteiger partial charge in [0.05, 0.1) is 5.56 Å². The Morgan fingerprint density at radius 2 is 2.05 bits per heavy atom. The van der Waals surface area contributed by atoms with Crippen LogP contribution in [0, 0.1) is 5.41 Å². The maximum Gasteiger partial charge on any atom is 0.255 e. The quantitative estimate of drug-likeness (QED) is 0.799. The smallest absolute Gasteiger partial charge is 0.255 e. The average molecular weight is 281 g/mol. The number of likely N-dealkylation sites (tertiary alicyclic amines) is 1. The fourth-order valence-corrected chi connectivity index (χ4v) is 2.68. The van der Waals surface area contributed by atoms with Crippen molar-refractivity contribution in [3.63, 3.8) is 0 Å². The van der Waals surface area contributed by atoms with Crippen LogP contribution < -0.4 is 5.73 Å². The van der Waals surface area contributed by atoms with E-state index in [1.54, 1.807) is 18.2 Å². The third kappa shape index (κ3) is 3.41. The van der Waals surface area contributed by atoms with Gasteiger partial charge < -0.3 is 10.6 Å². The van der Waals surface area contributed by atoms with E-state index in [9.17, 15) is 4.79 Å². The highest BCUT2D eigenvalue weighted by Gasteiger charge is 2.26. The lowest BCUT2D eigenvalue weighted by molar-refractivity contribution is 0.0758. The largest absolute Gasteiger partial charge is 0.398 e. The number of carbonyl (C=O) groups is 1. The summed E-state index contributed by atoms with van der Waals surface area (Å²) >= 11 is 5.95. The van der Waals surface area contributed by atoms with E-state index in [4.69, 9.17) is 17.3 Å². The lowest BCUT2D eigenvalue weighted by atomic mass is 9.85. The van der Waals surface area contributed by atoms with E-state index in [1.807, 2.05) is 4.90 Å². The van der Waals surface area contributed by atoms with Crippen LogP contribution in [-0.4, -0.2) is 23.9 Å². The zero-order chi connectivity index (χ0) is 14.0. The Morgan fingerprint density at radius 1 is 1.32 bits per heavy atom. The van der Waals surface area contributed by atoms with Crippen LogP contribution >= 0.6 is 11.6 Å². The summed E-state index contributed by atoms with van der Waals surface area (Å²) in [6.45, 7) is 6.11. The molecule has 3 nitrogen and oxygen atoms in total. The van der Waals surface area contributed by atoms with Gasteiger partial charge in [-0.2, -0.15) is 0 Å². The van der Waals surface area contributed by atoms with E-state index < -0.39 is 0 Å². The second kappa shape index (κ2) is 5.41. The maximum atomic E-state index is 12.5. The second-order valence-electron chi connectivity index (χ2n) is 6.04. The van der Waals surface area contributed by atoms with Gasteiger partial charge in [0.2, 0.25) is 0 Å². The zero-order valence-corrected chi connectivity index (χ0v) is 12.3. The van der Waals surface area contributed by atoms with Crippen LogP contribution in [0.5, 0.6) is 0 Å². The number of halogens is 1. The van der Waals surface area contributed by atoms with E-state index in [0.717, 1.165) is 32.4 Å². The maximum absolute atomic E-state index is 12.5. The molecule has 19 heavy (non-hydrogen) atoms. The number of carbonyl (C=O) groups excluding carboxylic acids is 1. The molecule has 1 aromatic carbocycles. The average Bonchev–Trinajstić information content (AvgIpc) is 2.52. The number of hydrogen-bond donors (Lipinski definition) is 1. The Morgan fingerprint density at radius 3 is 2.79 bits per heavy atom. The molecule has 0 unspecified atom stereocenters. The van der Waals surface area contributed by atoms with Gasteiger partial charge in [0, 0.05) is 23.8 Å². The third-order valence-electron chi connectivity index (χ3n) is 3.87. The number of nitrogen functional groups attached to an aromatic ring is 1. The number of anilines is 1. The van der Waals surface area contributed by atoms with Gasteiger partial charge in [-0.05, 0) is 42.9 Å². The van der Waals surface area contributed by atoms with Crippen LogP contribution in [0.3, 0.4) is 0 Å². The van der Waals surface area contributed by atoms with Gasteiger partial charge >= 0.3 is 0 Å². The van der Waals surface area contributed by atoms with Crippen LogP contribution in [0.1, 0.15) is 43.5 Å². The fraction of sp³-hybridized carbons (Fsp3) is 0.533. The number of amides is 1. The predicted molar refractivity (Wildman–Crippen MR) is 79.4 cm³/mol. The molecular formula is C15H21ClN2O. The first-order chi connectivity index (χ1) is 8.89. The lowest BCUT2D eigenvalue weighted by Gasteiger charge is -2.24. The van der Waals surface area contributed by atoms with Crippen molar-refractivity contribution in [2.24, 2.45) is 5.41 Å². The summed E-state index contributed by atoms with van der Waals surface area (Å²) in [5.41, 5.74) is 7.22. The summed E-state index contributed by atoms with van der Waals surface area (Å²) in [6.07, 6.45) is 3.22. The van der Waals surface area contributed by atoms with Crippen LogP contribution in [0.25, 0.3) is 0 Å². The molecule has 0 aromatic heterocycles. The van der Waals surface area contributed by atoms with Gasteiger partial charge in [-0.25, -0.2) is 0 Å². The highest BCUT2D eigenvalue weighted by atomic mass is 35.5. The Balaban J connectivity index is 2.17. The van der Waals surface area contributed by atoms with Crippen molar-refractivity contribution in [2.45, 2.75) is 33.1 Å². The normalized spacial score (nSPS) is 19.0. The van der Waals surface area contributed by atoms with Gasteiger partial charge in [0.15, 0.2) is 0 Å². The van der Waals surface area contributed by atoms with Crippen LogP contribution in [-0.2, 0) is 0 Å². The molecule has 1 aliphatic heterocycles. The Bertz CT molecular complexity index is 485. The number of nitrogens with zero attached hydrogens (tertiary/aromatic N) is 1. The van der Waals surface area contributed by atoms with E-state index >= 15 is 0 Å². The van der Waals surface area contributed by atoms with Crippen molar-refractivity contribution in [1.82, 2.24) is 4.90 Å². The Labute approximate surface area is 119 Å². The summed E-state index contributed by atoms with van der Waals surface area (Å²) in [7, 11) is 0. The van der Waals surface area contributed by atoms with Gasteiger partial charge in [-0.1, -0.05) is 25.4 Å². The number of rotatable bonds is 1. The van der Waals surface area contributed by atoms with E-state index in [0.29, 0.717) is 21.7 Å². The lowest BCUT2D eigenvalue weighted by Crippen LogP contribution is -2.32. The van der Waals surface area contributed by atoms with Crippen molar-refractivity contribution in [3.8, 4) is 0 Å². The minimum atomic E-state index is -0.00213. The highest BCUT2D eigenvalue weighted by molar-refractivity contribution is 6.31. The molecule has 1 aliphatic rings. The molecule has 104 valence electrons. The summed E-state index contributed by atoms with van der Waals surface area (Å²) in [4.78, 5) is 14.4. The van der Waals surface area contributed by atoms with Gasteiger partial charge in [0.25, 0.3) is 5.91 Å². The fourth-order valence-electron chi connectivity index (χ4n) is 2.51. The third-order valence-corrected chi connectivity index (χ3v) is 4.11. The van der Waals surface area contributed by atoms with Crippen LogP contribution in [0.15, 0.2) is 18.2 Å². The second-order valence-corrected chi connectivity index (χ2v) is 6.48. The standard InChI is InChI=1S/C15H21ClN2O/c1-15(2)6-3-8-18(9-7-15)14(19)12-10-11(16)4-5-13(12)17/h4-5,10H,3,6-9,17H2,1-2H3. The molecular weight excluding hydrogens is 260 g/mol. The summed E-state index contributed by atoms with van der Waals surface area (Å²) in [5, 5.41) is 0.549. The molecule has 2 rings (SSSR count). The number of hydrogen-bond acceptors (Lipinski definition) is 2. The molecule has 0 aliphatic carbocycles. The first-order valence-corrected chi connectivity index (χ1v) is 7.11. The molecule has 0 spiro atoms. The molecule has 2 N–H and O–H groups in total. The Hall–Kier alpha value is -1.22. The van der Waals surface area contributed by atoms with E-state index in [2.05, 4.69) is 13.8 Å². The Kier molecular flexibility index (Phi) is 4.04. The SMILES string of the molecule is CC1(C)CCCN(C(=O)c2cc(Cl)ccc2N)CC1. The van der Waals surface area contributed by atoms with Gasteiger partial charge in [0.1, 0.15) is 0 Å². The molecule has 0 saturated carbocycles. The first kappa shape index (κ1) is 14.2. The minimum Gasteiger partial charge on any atom is -0.398 e. The molecule has 1 saturated heterocycles. The predicted octanol–water partition coefficient (Wildman–Crippen LogP) is 3.57. The van der Waals surface area contributed by atoms with Crippen molar-refractivity contribution < 1.29 is 4.79 Å². The molecule has 1 aromatic rings. The molecule has 1 amide bonds. The van der Waals surface area contributed by atoms with Crippen molar-refractivity contribution >= 4 is 23.2 Å². The molecule has 0 bridgehead atoms. The minimum absolute atomic E-state index is 0.00213. The van der Waals surface area contributed by atoms with Crippen LogP contribution in [0.4, 0.5) is 5.69 Å². The topological polar surface area (TPSA) is 46.3 Å². The summed E-state index contributed by atoms with van der Waals surface area (Å²) in [6, 6.07) is 5.06. The van der Waals surface area contributed by atoms with Crippen LogP contribution in [0.2, 0.25) is 5.02 Å². The molecule has 0 radical (unpaired) electrons. The molecule has 4 heteroatoms. The molecule has 1 fully saturated rings. The van der Waals surface area contributed by atoms with E-state index in [-0.39, 0.29) is 5.91 Å². The monoisotopic (exact) mass is 280 g/mol. The summed E-state index contributed by atoms with van der Waals surface area (Å²) in [5.74, 6) is -0.00213. The summed E-state index contributed by atoms with van der Waals surface area (Å²) < 4.78 is 0. The van der Waals surface area contributed by atoms with Crippen molar-refractivity contribution in [3.05, 3.63) is 28.8 Å². The van der Waals surface area contributed by atoms with Crippen molar-refractivity contribution in [2.75, 3.05) is 18.8 Å².